The minimum atomic E-state index is -0.864. The van der Waals surface area contributed by atoms with Gasteiger partial charge in [-0.3, -0.25) is 14.3 Å². The van der Waals surface area contributed by atoms with Gasteiger partial charge in [-0.15, -0.1) is 0 Å². The number of hydrogen-bond acceptors (Lipinski definition) is 3. The molecule has 0 radical (unpaired) electrons. The fourth-order valence-corrected chi connectivity index (χ4v) is 1.82. The first-order chi connectivity index (χ1) is 8.75. The van der Waals surface area contributed by atoms with E-state index in [9.17, 15) is 9.59 Å². The van der Waals surface area contributed by atoms with Crippen molar-refractivity contribution in [2.75, 3.05) is 0 Å². The molecular weight excluding hydrogens is 246 g/mol. The van der Waals surface area contributed by atoms with Crippen molar-refractivity contribution in [3.8, 4) is 0 Å². The summed E-state index contributed by atoms with van der Waals surface area (Å²) in [5.41, 5.74) is 0.727. The van der Waals surface area contributed by atoms with Crippen molar-refractivity contribution in [2.24, 2.45) is 0 Å². The smallest absolute Gasteiger partial charge is 0.303 e. The van der Waals surface area contributed by atoms with Crippen molar-refractivity contribution in [3.63, 3.8) is 0 Å². The number of amides is 1. The minimum absolute atomic E-state index is 0.0271. The lowest BCUT2D eigenvalue weighted by Crippen LogP contribution is -2.44. The van der Waals surface area contributed by atoms with E-state index >= 15 is 0 Å². The highest BCUT2D eigenvalue weighted by Gasteiger charge is 2.24. The Hall–Kier alpha value is -1.85. The Morgan fingerprint density at radius 3 is 2.63 bits per heavy atom. The second-order valence-electron chi connectivity index (χ2n) is 5.22. The van der Waals surface area contributed by atoms with Gasteiger partial charge in [-0.2, -0.15) is 5.10 Å². The van der Waals surface area contributed by atoms with Gasteiger partial charge in [-0.25, -0.2) is 0 Å². The van der Waals surface area contributed by atoms with Crippen molar-refractivity contribution in [2.45, 2.75) is 52.6 Å². The average molecular weight is 267 g/mol. The predicted molar refractivity (Wildman–Crippen MR) is 71.1 cm³/mol. The van der Waals surface area contributed by atoms with Gasteiger partial charge >= 0.3 is 5.97 Å². The summed E-state index contributed by atoms with van der Waals surface area (Å²) in [5.74, 6) is -1.09. The SMILES string of the molecule is CCn1nc(C)cc1C(=O)NC(C)(C)CCC(=O)O. The van der Waals surface area contributed by atoms with Gasteiger partial charge in [0.1, 0.15) is 5.69 Å². The molecule has 0 fully saturated rings. The molecule has 0 aromatic carbocycles. The molecule has 0 atom stereocenters. The van der Waals surface area contributed by atoms with Crippen LogP contribution in [0.2, 0.25) is 0 Å². The lowest BCUT2D eigenvalue weighted by Gasteiger charge is -2.25. The van der Waals surface area contributed by atoms with Gasteiger partial charge in [0.05, 0.1) is 5.69 Å². The summed E-state index contributed by atoms with van der Waals surface area (Å²) in [7, 11) is 0. The van der Waals surface area contributed by atoms with Crippen LogP contribution in [-0.2, 0) is 11.3 Å². The second-order valence-corrected chi connectivity index (χ2v) is 5.22. The van der Waals surface area contributed by atoms with E-state index in [1.54, 1.807) is 10.7 Å². The van der Waals surface area contributed by atoms with Gasteiger partial charge in [0.2, 0.25) is 0 Å². The number of carboxylic acids is 1. The zero-order valence-electron chi connectivity index (χ0n) is 11.9. The molecule has 1 aromatic rings. The highest BCUT2D eigenvalue weighted by atomic mass is 16.4. The third-order valence-corrected chi connectivity index (χ3v) is 2.85. The molecule has 1 rings (SSSR count). The lowest BCUT2D eigenvalue weighted by atomic mass is 9.98. The molecule has 0 saturated carbocycles. The fourth-order valence-electron chi connectivity index (χ4n) is 1.82. The Labute approximate surface area is 112 Å². The minimum Gasteiger partial charge on any atom is -0.481 e. The maximum Gasteiger partial charge on any atom is 0.303 e. The highest BCUT2D eigenvalue weighted by molar-refractivity contribution is 5.93. The molecule has 0 saturated heterocycles. The normalized spacial score (nSPS) is 11.4. The molecular formula is C13H21N3O3. The van der Waals surface area contributed by atoms with Crippen LogP contribution in [0, 0.1) is 6.92 Å². The molecule has 1 amide bonds. The van der Waals surface area contributed by atoms with Crippen LogP contribution < -0.4 is 5.32 Å². The maximum atomic E-state index is 12.2. The summed E-state index contributed by atoms with van der Waals surface area (Å²) in [6.45, 7) is 7.99. The van der Waals surface area contributed by atoms with Gasteiger partial charge in [0.15, 0.2) is 0 Å². The lowest BCUT2D eigenvalue weighted by molar-refractivity contribution is -0.137. The van der Waals surface area contributed by atoms with Gasteiger partial charge in [0, 0.05) is 18.5 Å². The average Bonchev–Trinajstić information content (AvgIpc) is 2.67. The van der Waals surface area contributed by atoms with Crippen LogP contribution in [0.25, 0.3) is 0 Å². The van der Waals surface area contributed by atoms with E-state index in [1.807, 2.05) is 27.7 Å². The van der Waals surface area contributed by atoms with E-state index < -0.39 is 11.5 Å². The quantitative estimate of drug-likeness (QED) is 0.819. The van der Waals surface area contributed by atoms with Crippen molar-refractivity contribution in [1.29, 1.82) is 0 Å². The summed E-state index contributed by atoms with van der Waals surface area (Å²) in [5, 5.41) is 15.8. The summed E-state index contributed by atoms with van der Waals surface area (Å²) < 4.78 is 1.64. The first-order valence-corrected chi connectivity index (χ1v) is 6.34. The van der Waals surface area contributed by atoms with Crippen LogP contribution in [-0.4, -0.2) is 32.3 Å². The Bertz CT molecular complexity index is 477. The molecule has 106 valence electrons. The number of carbonyl (C=O) groups excluding carboxylic acids is 1. The standard InChI is InChI=1S/C13H21N3O3/c1-5-16-10(8-9(2)15-16)12(19)14-13(3,4)7-6-11(17)18/h8H,5-7H2,1-4H3,(H,14,19)(H,17,18). The number of carboxylic acid groups (broad SMARTS) is 1. The topological polar surface area (TPSA) is 84.2 Å². The Morgan fingerprint density at radius 2 is 2.11 bits per heavy atom. The van der Waals surface area contributed by atoms with Crippen LogP contribution in [0.4, 0.5) is 0 Å². The Balaban J connectivity index is 2.75. The second kappa shape index (κ2) is 5.86. The van der Waals surface area contributed by atoms with Crippen LogP contribution in [0.5, 0.6) is 0 Å². The predicted octanol–water partition coefficient (Wildman–Crippen LogP) is 1.58. The maximum absolute atomic E-state index is 12.2. The van der Waals surface area contributed by atoms with Crippen LogP contribution in [0.1, 0.15) is 49.8 Å². The fraction of sp³-hybridized carbons (Fsp3) is 0.615. The van der Waals surface area contributed by atoms with E-state index in [-0.39, 0.29) is 12.3 Å². The number of aliphatic carboxylic acids is 1. The van der Waals surface area contributed by atoms with Crippen molar-refractivity contribution >= 4 is 11.9 Å². The number of aromatic nitrogens is 2. The number of rotatable bonds is 6. The third kappa shape index (κ3) is 4.39. The highest BCUT2D eigenvalue weighted by Crippen LogP contribution is 2.13. The molecule has 1 aromatic heterocycles. The zero-order valence-corrected chi connectivity index (χ0v) is 11.9. The van der Waals surface area contributed by atoms with Crippen molar-refractivity contribution < 1.29 is 14.7 Å². The Morgan fingerprint density at radius 1 is 1.47 bits per heavy atom. The molecule has 0 spiro atoms. The molecule has 0 aliphatic heterocycles. The number of aryl methyl sites for hydroxylation is 2. The molecule has 6 nitrogen and oxygen atoms in total. The number of nitrogens with one attached hydrogen (secondary N) is 1. The van der Waals surface area contributed by atoms with Gasteiger partial charge < -0.3 is 10.4 Å². The van der Waals surface area contributed by atoms with E-state index in [2.05, 4.69) is 10.4 Å². The van der Waals surface area contributed by atoms with Crippen LogP contribution in [0.3, 0.4) is 0 Å². The summed E-state index contributed by atoms with van der Waals surface area (Å²) >= 11 is 0. The molecule has 6 heteroatoms. The first-order valence-electron chi connectivity index (χ1n) is 6.34. The van der Waals surface area contributed by atoms with Gasteiger partial charge in [0.25, 0.3) is 5.91 Å². The molecule has 1 heterocycles. The van der Waals surface area contributed by atoms with Crippen LogP contribution in [0.15, 0.2) is 6.07 Å². The van der Waals surface area contributed by atoms with Gasteiger partial charge in [-0.1, -0.05) is 0 Å². The van der Waals surface area contributed by atoms with E-state index in [0.717, 1.165) is 5.69 Å². The van der Waals surface area contributed by atoms with Crippen molar-refractivity contribution in [1.82, 2.24) is 15.1 Å². The largest absolute Gasteiger partial charge is 0.481 e. The number of hydrogen-bond donors (Lipinski definition) is 2. The molecule has 0 aliphatic carbocycles. The number of carbonyl (C=O) groups is 2. The Kier molecular flexibility index (Phi) is 4.69. The monoisotopic (exact) mass is 267 g/mol. The summed E-state index contributed by atoms with van der Waals surface area (Å²) in [6.07, 6.45) is 0.409. The number of nitrogens with zero attached hydrogens (tertiary/aromatic N) is 2. The third-order valence-electron chi connectivity index (χ3n) is 2.85. The molecule has 0 aliphatic rings. The molecule has 0 bridgehead atoms. The summed E-state index contributed by atoms with van der Waals surface area (Å²) in [4.78, 5) is 22.8. The first kappa shape index (κ1) is 15.2. The molecule has 2 N–H and O–H groups in total. The van der Waals surface area contributed by atoms with Crippen LogP contribution >= 0.6 is 0 Å². The molecule has 19 heavy (non-hydrogen) atoms. The van der Waals surface area contributed by atoms with E-state index in [0.29, 0.717) is 18.7 Å². The van der Waals surface area contributed by atoms with E-state index in [1.165, 1.54) is 0 Å². The molecule has 0 unspecified atom stereocenters. The van der Waals surface area contributed by atoms with Gasteiger partial charge in [-0.05, 0) is 40.2 Å². The zero-order chi connectivity index (χ0) is 14.6. The van der Waals surface area contributed by atoms with Crippen molar-refractivity contribution in [3.05, 3.63) is 17.5 Å². The van der Waals surface area contributed by atoms with E-state index in [4.69, 9.17) is 5.11 Å². The summed E-state index contributed by atoms with van der Waals surface area (Å²) in [6, 6.07) is 1.73.